The minimum absolute atomic E-state index is 0.0843. The topological polar surface area (TPSA) is 50.2 Å². The lowest BCUT2D eigenvalue weighted by atomic mass is 10.0. The second-order valence-electron chi connectivity index (χ2n) is 5.71. The summed E-state index contributed by atoms with van der Waals surface area (Å²) in [7, 11) is 0. The van der Waals surface area contributed by atoms with Crippen molar-refractivity contribution in [2.45, 2.75) is 25.2 Å². The number of hydrogen-bond acceptors (Lipinski definition) is 3. The third-order valence-corrected chi connectivity index (χ3v) is 5.19. The van der Waals surface area contributed by atoms with Crippen LogP contribution in [0.5, 0.6) is 0 Å². The second kappa shape index (κ2) is 5.21. The predicted molar refractivity (Wildman–Crippen MR) is 88.4 cm³/mol. The predicted octanol–water partition coefficient (Wildman–Crippen LogP) is 4.47. The van der Waals surface area contributed by atoms with E-state index in [1.165, 1.54) is 18.4 Å². The van der Waals surface area contributed by atoms with Gasteiger partial charge in [-0.1, -0.05) is 18.2 Å². The van der Waals surface area contributed by atoms with E-state index in [0.717, 1.165) is 26.2 Å². The number of fused-ring (bicyclic) bond motifs is 1. The van der Waals surface area contributed by atoms with E-state index in [4.69, 9.17) is 5.11 Å². The van der Waals surface area contributed by atoms with Gasteiger partial charge < -0.3 is 5.11 Å². The van der Waals surface area contributed by atoms with E-state index >= 15 is 0 Å². The zero-order valence-corrected chi connectivity index (χ0v) is 12.8. The normalized spacial score (nSPS) is 14.4. The maximum absolute atomic E-state index is 10.9. The van der Waals surface area contributed by atoms with Gasteiger partial charge in [-0.25, -0.2) is 0 Å². The molecule has 0 atom stereocenters. The van der Waals surface area contributed by atoms with Crippen molar-refractivity contribution in [3.05, 3.63) is 53.0 Å². The van der Waals surface area contributed by atoms with Gasteiger partial charge in [0.15, 0.2) is 0 Å². The average molecular weight is 309 g/mol. The number of aromatic nitrogens is 1. The summed E-state index contributed by atoms with van der Waals surface area (Å²) >= 11 is 1.55. The smallest absolute Gasteiger partial charge is 0.308 e. The fourth-order valence-electron chi connectivity index (χ4n) is 2.90. The number of benzene rings is 1. The lowest BCUT2D eigenvalue weighted by Gasteiger charge is -2.08. The molecule has 22 heavy (non-hydrogen) atoms. The molecule has 1 N–H and O–H groups in total. The van der Waals surface area contributed by atoms with Crippen LogP contribution in [-0.2, 0) is 11.2 Å². The summed E-state index contributed by atoms with van der Waals surface area (Å²) in [6.07, 6.45) is 4.45. The van der Waals surface area contributed by atoms with Crippen molar-refractivity contribution < 1.29 is 9.90 Å². The van der Waals surface area contributed by atoms with Crippen LogP contribution in [-0.4, -0.2) is 16.1 Å². The Labute approximate surface area is 132 Å². The van der Waals surface area contributed by atoms with Gasteiger partial charge in [0.2, 0.25) is 0 Å². The van der Waals surface area contributed by atoms with Gasteiger partial charge in [-0.15, -0.1) is 11.3 Å². The maximum Gasteiger partial charge on any atom is 0.308 e. The van der Waals surface area contributed by atoms with Gasteiger partial charge in [-0.3, -0.25) is 9.78 Å². The molecule has 4 heteroatoms. The number of rotatable bonds is 4. The molecule has 1 fully saturated rings. The van der Waals surface area contributed by atoms with Crippen LogP contribution < -0.4 is 0 Å². The van der Waals surface area contributed by atoms with Crippen molar-refractivity contribution >= 4 is 28.2 Å². The highest BCUT2D eigenvalue weighted by Crippen LogP contribution is 2.44. The molecular formula is C18H15NO2S. The number of nitrogens with zero attached hydrogens (tertiary/aromatic N) is 1. The van der Waals surface area contributed by atoms with Crippen molar-refractivity contribution in [1.82, 2.24) is 4.98 Å². The minimum Gasteiger partial charge on any atom is -0.481 e. The summed E-state index contributed by atoms with van der Waals surface area (Å²) < 4.78 is 0. The number of pyridine rings is 1. The number of thiophene rings is 1. The molecule has 2 aromatic heterocycles. The minimum atomic E-state index is -0.788. The first-order valence-corrected chi connectivity index (χ1v) is 8.22. The van der Waals surface area contributed by atoms with E-state index in [2.05, 4.69) is 23.2 Å². The molecule has 0 aliphatic heterocycles. The molecule has 0 radical (unpaired) electrons. The van der Waals surface area contributed by atoms with E-state index in [1.807, 2.05) is 24.4 Å². The molecule has 3 aromatic rings. The van der Waals surface area contributed by atoms with Crippen LogP contribution in [0.3, 0.4) is 0 Å². The molecule has 0 bridgehead atoms. The molecule has 2 heterocycles. The molecule has 3 nitrogen and oxygen atoms in total. The third-order valence-electron chi connectivity index (χ3n) is 4.07. The van der Waals surface area contributed by atoms with Crippen LogP contribution in [0.2, 0.25) is 0 Å². The number of carboxylic acid groups (broad SMARTS) is 1. The Bertz CT molecular complexity index is 864. The van der Waals surface area contributed by atoms with Crippen molar-refractivity contribution in [2.24, 2.45) is 0 Å². The Kier molecular flexibility index (Phi) is 3.19. The largest absolute Gasteiger partial charge is 0.481 e. The lowest BCUT2D eigenvalue weighted by molar-refractivity contribution is -0.136. The third kappa shape index (κ3) is 2.40. The summed E-state index contributed by atoms with van der Waals surface area (Å²) in [5, 5.41) is 10.1. The zero-order chi connectivity index (χ0) is 15.1. The first-order chi connectivity index (χ1) is 10.7. The van der Waals surface area contributed by atoms with Crippen molar-refractivity contribution in [1.29, 1.82) is 0 Å². The van der Waals surface area contributed by atoms with Crippen LogP contribution in [0.1, 0.15) is 29.2 Å². The first-order valence-electron chi connectivity index (χ1n) is 7.41. The van der Waals surface area contributed by atoms with E-state index in [-0.39, 0.29) is 6.42 Å². The van der Waals surface area contributed by atoms with Gasteiger partial charge in [-0.05, 0) is 42.5 Å². The monoisotopic (exact) mass is 309 g/mol. The number of carboxylic acids is 1. The molecule has 1 aliphatic carbocycles. The summed E-state index contributed by atoms with van der Waals surface area (Å²) in [6.45, 7) is 0. The zero-order valence-electron chi connectivity index (χ0n) is 12.0. The van der Waals surface area contributed by atoms with Gasteiger partial charge in [0.05, 0.1) is 11.9 Å². The molecule has 1 saturated carbocycles. The maximum atomic E-state index is 10.9. The molecule has 1 aromatic carbocycles. The van der Waals surface area contributed by atoms with Crippen molar-refractivity contribution in [3.63, 3.8) is 0 Å². The van der Waals surface area contributed by atoms with Crippen molar-refractivity contribution in [2.75, 3.05) is 0 Å². The van der Waals surface area contributed by atoms with Crippen LogP contribution in [0.4, 0.5) is 0 Å². The highest BCUT2D eigenvalue weighted by Gasteiger charge is 2.26. The van der Waals surface area contributed by atoms with Crippen LogP contribution >= 0.6 is 11.3 Å². The standard InChI is InChI=1S/C18H15NO2S/c20-17(21)10-12-5-8-16(22-12)14-7-6-13(11-3-4-11)18-15(14)2-1-9-19-18/h1-2,5-9,11H,3-4,10H2,(H,20,21). The number of hydrogen-bond donors (Lipinski definition) is 1. The fraction of sp³-hybridized carbons (Fsp3) is 0.222. The van der Waals surface area contributed by atoms with Crippen LogP contribution in [0.15, 0.2) is 42.6 Å². The summed E-state index contributed by atoms with van der Waals surface area (Å²) in [4.78, 5) is 17.4. The van der Waals surface area contributed by atoms with E-state index in [1.54, 1.807) is 11.3 Å². The Morgan fingerprint density at radius 3 is 2.86 bits per heavy atom. The molecular weight excluding hydrogens is 294 g/mol. The molecule has 0 spiro atoms. The molecule has 0 unspecified atom stereocenters. The number of aliphatic carboxylic acids is 1. The average Bonchev–Trinajstić information content (AvgIpc) is 3.26. The van der Waals surface area contributed by atoms with Crippen molar-refractivity contribution in [3.8, 4) is 10.4 Å². The van der Waals surface area contributed by atoms with Crippen LogP contribution in [0, 0.1) is 0 Å². The van der Waals surface area contributed by atoms with Gasteiger partial charge in [0, 0.05) is 26.9 Å². The molecule has 1 aliphatic rings. The Morgan fingerprint density at radius 2 is 2.09 bits per heavy atom. The summed E-state index contributed by atoms with van der Waals surface area (Å²) in [5.41, 5.74) is 3.59. The molecule has 0 amide bonds. The SMILES string of the molecule is O=C(O)Cc1ccc(-c2ccc(C3CC3)c3ncccc23)s1. The van der Waals surface area contributed by atoms with Gasteiger partial charge in [-0.2, -0.15) is 0 Å². The van der Waals surface area contributed by atoms with E-state index in [0.29, 0.717) is 5.92 Å². The Morgan fingerprint density at radius 1 is 1.23 bits per heavy atom. The second-order valence-corrected chi connectivity index (χ2v) is 6.88. The molecule has 4 rings (SSSR count). The molecule has 0 saturated heterocycles. The van der Waals surface area contributed by atoms with E-state index < -0.39 is 5.97 Å². The van der Waals surface area contributed by atoms with Gasteiger partial charge >= 0.3 is 5.97 Å². The highest BCUT2D eigenvalue weighted by molar-refractivity contribution is 7.15. The molecule has 110 valence electrons. The van der Waals surface area contributed by atoms with E-state index in [9.17, 15) is 4.79 Å². The lowest BCUT2D eigenvalue weighted by Crippen LogP contribution is -1.96. The Balaban J connectivity index is 1.83. The summed E-state index contributed by atoms with van der Waals surface area (Å²) in [5.74, 6) is -0.124. The summed E-state index contributed by atoms with van der Waals surface area (Å²) in [6, 6.07) is 12.4. The fourth-order valence-corrected chi connectivity index (χ4v) is 3.94. The number of carbonyl (C=O) groups is 1. The van der Waals surface area contributed by atoms with Crippen LogP contribution in [0.25, 0.3) is 21.3 Å². The first kappa shape index (κ1) is 13.5. The van der Waals surface area contributed by atoms with Gasteiger partial charge in [0.25, 0.3) is 0 Å². The quantitative estimate of drug-likeness (QED) is 0.773. The Hall–Kier alpha value is -2.20. The van der Waals surface area contributed by atoms with Gasteiger partial charge in [0.1, 0.15) is 0 Å². The highest BCUT2D eigenvalue weighted by atomic mass is 32.1.